The first-order valence-corrected chi connectivity index (χ1v) is 2.86. The maximum absolute atomic E-state index is 10.2. The van der Waals surface area contributed by atoms with Crippen molar-refractivity contribution in [1.82, 2.24) is 5.32 Å². The van der Waals surface area contributed by atoms with E-state index >= 15 is 0 Å². The molecule has 4 nitrogen and oxygen atoms in total. The van der Waals surface area contributed by atoms with Gasteiger partial charge in [0.2, 0.25) is 0 Å². The lowest BCUT2D eigenvalue weighted by molar-refractivity contribution is -0.141. The van der Waals surface area contributed by atoms with Crippen LogP contribution in [0.3, 0.4) is 0 Å². The third kappa shape index (κ3) is 1.83. The van der Waals surface area contributed by atoms with Crippen molar-refractivity contribution in [2.45, 2.75) is 18.6 Å². The molecule has 0 saturated carbocycles. The van der Waals surface area contributed by atoms with E-state index in [9.17, 15) is 4.79 Å². The molecule has 0 aromatic carbocycles. The molecule has 0 unspecified atom stereocenters. The van der Waals surface area contributed by atoms with Crippen molar-refractivity contribution < 1.29 is 15.0 Å². The molecule has 0 spiro atoms. The molecule has 0 radical (unpaired) electrons. The number of halogens is 1. The van der Waals surface area contributed by atoms with E-state index in [1.165, 1.54) is 0 Å². The molecule has 60 valence electrons. The number of aliphatic hydroxyl groups is 1. The van der Waals surface area contributed by atoms with Crippen LogP contribution in [0.1, 0.15) is 6.42 Å². The van der Waals surface area contributed by atoms with Crippen LogP contribution in [0, 0.1) is 0 Å². The minimum atomic E-state index is -0.972. The van der Waals surface area contributed by atoms with Crippen LogP contribution in [0.2, 0.25) is 0 Å². The molecular weight excluding hydrogens is 158 g/mol. The van der Waals surface area contributed by atoms with E-state index in [0.29, 0.717) is 13.0 Å². The number of carboxylic acid groups (broad SMARTS) is 1. The molecule has 0 aromatic heterocycles. The first kappa shape index (κ1) is 9.68. The Labute approximate surface area is 64.6 Å². The molecule has 1 heterocycles. The van der Waals surface area contributed by atoms with Crippen LogP contribution in [-0.4, -0.2) is 34.9 Å². The van der Waals surface area contributed by atoms with E-state index in [4.69, 9.17) is 10.2 Å². The minimum Gasteiger partial charge on any atom is -0.480 e. The van der Waals surface area contributed by atoms with E-state index in [1.54, 1.807) is 0 Å². The van der Waals surface area contributed by atoms with Crippen LogP contribution in [0.5, 0.6) is 0 Å². The molecule has 0 bridgehead atoms. The zero-order chi connectivity index (χ0) is 6.85. The second-order valence-corrected chi connectivity index (χ2v) is 2.13. The van der Waals surface area contributed by atoms with Crippen LogP contribution in [0.4, 0.5) is 0 Å². The zero-order valence-electron chi connectivity index (χ0n) is 5.28. The van der Waals surface area contributed by atoms with Gasteiger partial charge in [-0.15, -0.1) is 12.4 Å². The fraction of sp³-hybridized carbons (Fsp3) is 0.800. The molecule has 1 rings (SSSR count). The SMILES string of the molecule is Cl.O=C(O)[C@@H]1NCC[C@@H]1O. The highest BCUT2D eigenvalue weighted by Gasteiger charge is 2.30. The van der Waals surface area contributed by atoms with Gasteiger partial charge in [-0.1, -0.05) is 0 Å². The second kappa shape index (κ2) is 3.75. The smallest absolute Gasteiger partial charge is 0.323 e. The standard InChI is InChI=1S/C5H9NO3.ClH/c7-3-1-2-6-4(3)5(8)9;/h3-4,6-7H,1-2H2,(H,8,9);1H/t3-,4+;/m0./s1. The number of carbonyl (C=O) groups is 1. The minimum absolute atomic E-state index is 0. The topological polar surface area (TPSA) is 69.6 Å². The summed E-state index contributed by atoms with van der Waals surface area (Å²) in [5.74, 6) is -0.972. The van der Waals surface area contributed by atoms with Crippen molar-refractivity contribution in [2.75, 3.05) is 6.54 Å². The van der Waals surface area contributed by atoms with Crippen LogP contribution in [-0.2, 0) is 4.79 Å². The van der Waals surface area contributed by atoms with Gasteiger partial charge in [0.05, 0.1) is 6.10 Å². The summed E-state index contributed by atoms with van der Waals surface area (Å²) in [6, 6.07) is -0.745. The van der Waals surface area contributed by atoms with Crippen LogP contribution < -0.4 is 5.32 Å². The Balaban J connectivity index is 0.000000810. The highest BCUT2D eigenvalue weighted by molar-refractivity contribution is 5.85. The molecule has 0 aliphatic carbocycles. The summed E-state index contributed by atoms with van der Waals surface area (Å²) >= 11 is 0. The molecule has 1 aliphatic rings. The van der Waals surface area contributed by atoms with Gasteiger partial charge >= 0.3 is 5.97 Å². The van der Waals surface area contributed by atoms with E-state index in [1.807, 2.05) is 0 Å². The average molecular weight is 168 g/mol. The number of rotatable bonds is 1. The number of aliphatic carboxylic acids is 1. The van der Waals surface area contributed by atoms with Gasteiger partial charge in [0.25, 0.3) is 0 Å². The summed E-state index contributed by atoms with van der Waals surface area (Å²) in [6.45, 7) is 0.595. The van der Waals surface area contributed by atoms with E-state index in [-0.39, 0.29) is 12.4 Å². The molecule has 1 fully saturated rings. The van der Waals surface area contributed by atoms with Gasteiger partial charge in [-0.3, -0.25) is 4.79 Å². The van der Waals surface area contributed by atoms with E-state index < -0.39 is 18.1 Å². The molecule has 0 aromatic rings. The molecule has 2 atom stereocenters. The third-order valence-corrected chi connectivity index (χ3v) is 1.46. The summed E-state index contributed by atoms with van der Waals surface area (Å²) < 4.78 is 0. The Morgan fingerprint density at radius 1 is 1.60 bits per heavy atom. The van der Waals surface area contributed by atoms with Crippen molar-refractivity contribution in [3.05, 3.63) is 0 Å². The quantitative estimate of drug-likeness (QED) is 0.479. The summed E-state index contributed by atoms with van der Waals surface area (Å²) in [5, 5.41) is 19.9. The van der Waals surface area contributed by atoms with Crippen molar-refractivity contribution in [3.8, 4) is 0 Å². The van der Waals surface area contributed by atoms with Gasteiger partial charge in [0.1, 0.15) is 6.04 Å². The predicted octanol–water partition coefficient (Wildman–Crippen LogP) is -0.784. The number of hydrogen-bond acceptors (Lipinski definition) is 3. The fourth-order valence-corrected chi connectivity index (χ4v) is 0.941. The Morgan fingerprint density at radius 3 is 2.40 bits per heavy atom. The lowest BCUT2D eigenvalue weighted by Gasteiger charge is -2.06. The molecule has 3 N–H and O–H groups in total. The number of aliphatic hydroxyl groups excluding tert-OH is 1. The Kier molecular flexibility index (Phi) is 3.63. The lowest BCUT2D eigenvalue weighted by Crippen LogP contribution is -2.38. The van der Waals surface area contributed by atoms with Crippen molar-refractivity contribution >= 4 is 18.4 Å². The molecule has 5 heteroatoms. The summed E-state index contributed by atoms with van der Waals surface area (Å²) in [5.41, 5.74) is 0. The Hall–Kier alpha value is -0.320. The van der Waals surface area contributed by atoms with Gasteiger partial charge in [-0.2, -0.15) is 0 Å². The number of carboxylic acids is 1. The van der Waals surface area contributed by atoms with Gasteiger partial charge in [0, 0.05) is 0 Å². The van der Waals surface area contributed by atoms with E-state index in [2.05, 4.69) is 5.32 Å². The maximum atomic E-state index is 10.2. The van der Waals surface area contributed by atoms with Gasteiger partial charge in [0.15, 0.2) is 0 Å². The molecule has 1 aliphatic heterocycles. The van der Waals surface area contributed by atoms with E-state index in [0.717, 1.165) is 0 Å². The molecule has 1 saturated heterocycles. The summed E-state index contributed by atoms with van der Waals surface area (Å²) in [7, 11) is 0. The van der Waals surface area contributed by atoms with Crippen LogP contribution in [0.25, 0.3) is 0 Å². The zero-order valence-corrected chi connectivity index (χ0v) is 6.10. The predicted molar refractivity (Wildman–Crippen MR) is 37.3 cm³/mol. The van der Waals surface area contributed by atoms with Crippen molar-refractivity contribution in [2.24, 2.45) is 0 Å². The molecule has 10 heavy (non-hydrogen) atoms. The van der Waals surface area contributed by atoms with Crippen molar-refractivity contribution in [3.63, 3.8) is 0 Å². The molecule has 0 amide bonds. The second-order valence-electron chi connectivity index (χ2n) is 2.13. The number of hydrogen-bond donors (Lipinski definition) is 3. The van der Waals surface area contributed by atoms with Gasteiger partial charge in [-0.05, 0) is 13.0 Å². The summed E-state index contributed by atoms with van der Waals surface area (Å²) in [6.07, 6.45) is -0.167. The number of nitrogens with one attached hydrogen (secondary N) is 1. The first-order valence-electron chi connectivity index (χ1n) is 2.86. The monoisotopic (exact) mass is 167 g/mol. The highest BCUT2D eigenvalue weighted by atomic mass is 35.5. The highest BCUT2D eigenvalue weighted by Crippen LogP contribution is 2.05. The Morgan fingerprint density at radius 2 is 2.20 bits per heavy atom. The van der Waals surface area contributed by atoms with Crippen LogP contribution in [0.15, 0.2) is 0 Å². The average Bonchev–Trinajstić information content (AvgIpc) is 2.13. The third-order valence-electron chi connectivity index (χ3n) is 1.46. The molecular formula is C5H10ClNO3. The normalized spacial score (nSPS) is 31.3. The fourth-order valence-electron chi connectivity index (χ4n) is 0.941. The maximum Gasteiger partial charge on any atom is 0.323 e. The largest absolute Gasteiger partial charge is 0.480 e. The van der Waals surface area contributed by atoms with Crippen molar-refractivity contribution in [1.29, 1.82) is 0 Å². The van der Waals surface area contributed by atoms with Gasteiger partial charge in [-0.25, -0.2) is 0 Å². The van der Waals surface area contributed by atoms with Crippen LogP contribution >= 0.6 is 12.4 Å². The first-order chi connectivity index (χ1) is 4.22. The van der Waals surface area contributed by atoms with Gasteiger partial charge < -0.3 is 15.5 Å². The summed E-state index contributed by atoms with van der Waals surface area (Å²) in [4.78, 5) is 10.2. The lowest BCUT2D eigenvalue weighted by atomic mass is 10.2. The Bertz CT molecular complexity index is 130.